The van der Waals surface area contributed by atoms with Crippen molar-refractivity contribution in [3.05, 3.63) is 228 Å². The second-order valence-corrected chi connectivity index (χ2v) is 17.3. The Kier molecular flexibility index (Phi) is 7.71. The Balaban J connectivity index is 1.15. The van der Waals surface area contributed by atoms with Gasteiger partial charge in [-0.05, 0) is 57.1 Å². The fourth-order valence-corrected chi connectivity index (χ4v) is 11.3. The third-order valence-electron chi connectivity index (χ3n) is 13.9. The van der Waals surface area contributed by atoms with E-state index in [0.717, 1.165) is 55.3 Å². The van der Waals surface area contributed by atoms with Crippen molar-refractivity contribution in [2.45, 2.75) is 11.6 Å². The summed E-state index contributed by atoms with van der Waals surface area (Å²) in [6.07, 6.45) is -4.85. The molecule has 12 aromatic rings. The van der Waals surface area contributed by atoms with Gasteiger partial charge in [-0.1, -0.05) is 182 Å². The molecule has 0 saturated heterocycles. The topological polar surface area (TPSA) is 56.7 Å². The molecule has 3 heterocycles. The lowest BCUT2D eigenvalue weighted by Crippen LogP contribution is -2.25. The number of nitrogens with zero attached hydrogens (tertiary/aromatic N) is 4. The van der Waals surface area contributed by atoms with Crippen molar-refractivity contribution in [3.8, 4) is 62.1 Å². The fraction of sp³-hybridized carbons (Fsp3) is 0.0339. The van der Waals surface area contributed by atoms with Gasteiger partial charge in [-0.15, -0.1) is 0 Å². The molecular weight excluding hydrogens is 838 g/mol. The molecule has 14 rings (SSSR count). The van der Waals surface area contributed by atoms with E-state index in [1.54, 1.807) is 6.07 Å². The molecule has 0 amide bonds. The van der Waals surface area contributed by atoms with Gasteiger partial charge in [-0.2, -0.15) is 13.2 Å². The van der Waals surface area contributed by atoms with Crippen LogP contribution in [0.25, 0.3) is 106 Å². The highest BCUT2D eigenvalue weighted by molar-refractivity contribution is 6.20. The smallest absolute Gasteiger partial charge is 0.418 e. The lowest BCUT2D eigenvalue weighted by Gasteiger charge is -2.30. The largest absolute Gasteiger partial charge is 0.455 e. The quantitative estimate of drug-likeness (QED) is 0.177. The summed E-state index contributed by atoms with van der Waals surface area (Å²) < 4.78 is 58.6. The molecule has 67 heavy (non-hydrogen) atoms. The van der Waals surface area contributed by atoms with Crippen LogP contribution in [0, 0.1) is 0 Å². The van der Waals surface area contributed by atoms with E-state index >= 15 is 13.2 Å². The van der Waals surface area contributed by atoms with E-state index in [-0.39, 0.29) is 22.7 Å². The predicted molar refractivity (Wildman–Crippen MR) is 259 cm³/mol. The third-order valence-corrected chi connectivity index (χ3v) is 13.9. The van der Waals surface area contributed by atoms with Crippen LogP contribution in [-0.2, 0) is 11.6 Å². The van der Waals surface area contributed by atoms with Gasteiger partial charge < -0.3 is 8.98 Å². The zero-order valence-corrected chi connectivity index (χ0v) is 35.4. The van der Waals surface area contributed by atoms with Crippen molar-refractivity contribution in [2.75, 3.05) is 0 Å². The minimum atomic E-state index is -4.85. The Morgan fingerprint density at radius 3 is 1.61 bits per heavy atom. The first kappa shape index (κ1) is 37.7. The molecule has 9 aromatic carbocycles. The molecule has 2 aliphatic carbocycles. The number of benzene rings is 9. The number of aromatic nitrogens is 4. The van der Waals surface area contributed by atoms with Crippen molar-refractivity contribution in [2.24, 2.45) is 0 Å². The van der Waals surface area contributed by atoms with Crippen molar-refractivity contribution in [3.63, 3.8) is 0 Å². The summed E-state index contributed by atoms with van der Waals surface area (Å²) in [5.74, 6) is 0.713. The van der Waals surface area contributed by atoms with Gasteiger partial charge in [0.15, 0.2) is 17.5 Å². The molecule has 0 atom stereocenters. The highest BCUT2D eigenvalue weighted by atomic mass is 19.4. The van der Waals surface area contributed by atoms with Crippen LogP contribution in [-0.4, -0.2) is 19.5 Å². The summed E-state index contributed by atoms with van der Waals surface area (Å²) in [7, 11) is 0. The number of furan rings is 1. The number of rotatable bonds is 4. The van der Waals surface area contributed by atoms with E-state index in [2.05, 4.69) is 78.9 Å². The third kappa shape index (κ3) is 5.12. The second kappa shape index (κ2) is 13.7. The maximum absolute atomic E-state index is 16.6. The van der Waals surface area contributed by atoms with E-state index < -0.39 is 17.2 Å². The van der Waals surface area contributed by atoms with Crippen molar-refractivity contribution < 1.29 is 17.6 Å². The lowest BCUT2D eigenvalue weighted by atomic mass is 9.70. The fourth-order valence-electron chi connectivity index (χ4n) is 11.3. The summed E-state index contributed by atoms with van der Waals surface area (Å²) in [5, 5.41) is 2.52. The Hall–Kier alpha value is -8.62. The van der Waals surface area contributed by atoms with Gasteiger partial charge in [-0.25, -0.2) is 15.0 Å². The number of hydrogen-bond donors (Lipinski definition) is 0. The molecule has 0 aliphatic heterocycles. The van der Waals surface area contributed by atoms with Gasteiger partial charge in [0.25, 0.3) is 0 Å². The van der Waals surface area contributed by atoms with Crippen molar-refractivity contribution in [1.29, 1.82) is 0 Å². The lowest BCUT2D eigenvalue weighted by molar-refractivity contribution is -0.137. The van der Waals surface area contributed by atoms with Gasteiger partial charge in [0.1, 0.15) is 11.2 Å². The summed E-state index contributed by atoms with van der Waals surface area (Å²) in [6, 6.07) is 64.8. The monoisotopic (exact) mass is 870 g/mol. The zero-order chi connectivity index (χ0) is 44.6. The Labute approximate surface area is 381 Å². The van der Waals surface area contributed by atoms with Crippen LogP contribution in [0.3, 0.4) is 0 Å². The number of hydrogen-bond acceptors (Lipinski definition) is 4. The van der Waals surface area contributed by atoms with Gasteiger partial charge in [0.2, 0.25) is 0 Å². The first-order valence-electron chi connectivity index (χ1n) is 22.2. The number of fused-ring (bicyclic) bond motifs is 17. The van der Waals surface area contributed by atoms with Crippen LogP contribution in [0.15, 0.2) is 205 Å². The standard InChI is InChI=1S/C59H33F3N4O/c60-59(61,62)47-33-42(57-64-55(34-17-3-1-4-18-34)63-56(65-57)35-19-5-2-6-20-35)54-51(41-25-11-16-30-49(41)67-54)53(47)66-48-29-15-10-23-38(48)39-31-32-46-50(52(39)66)40-24-9-14-28-45(40)58(46)43-26-12-7-21-36(43)37-22-8-13-27-44(37)58/h1-33H. The Morgan fingerprint density at radius 1 is 0.448 bits per heavy atom. The molecule has 0 N–H and O–H groups in total. The molecule has 1 spiro atoms. The normalized spacial score (nSPS) is 13.4. The van der Waals surface area contributed by atoms with Crippen LogP contribution in [0.1, 0.15) is 27.8 Å². The molecule has 0 unspecified atom stereocenters. The molecule has 0 saturated carbocycles. The van der Waals surface area contributed by atoms with E-state index in [4.69, 9.17) is 19.4 Å². The van der Waals surface area contributed by atoms with Gasteiger partial charge in [-0.3, -0.25) is 0 Å². The van der Waals surface area contributed by atoms with E-state index in [1.165, 1.54) is 6.07 Å². The SMILES string of the molecule is FC(F)(F)c1cc(-c2nc(-c3ccccc3)nc(-c3ccccc3)n2)c2oc3ccccc3c2c1-n1c2ccccc2c2ccc3c(c21)-c1ccccc1C31c2ccccc2-c2ccccc21. The Morgan fingerprint density at radius 2 is 0.970 bits per heavy atom. The first-order valence-corrected chi connectivity index (χ1v) is 22.2. The predicted octanol–water partition coefficient (Wildman–Crippen LogP) is 15.2. The number of para-hydroxylation sites is 2. The highest BCUT2D eigenvalue weighted by Crippen LogP contribution is 2.64. The molecule has 316 valence electrons. The zero-order valence-electron chi connectivity index (χ0n) is 35.4. The maximum Gasteiger partial charge on any atom is 0.418 e. The molecule has 0 radical (unpaired) electrons. The molecule has 8 heteroatoms. The minimum absolute atomic E-state index is 0.0259. The summed E-state index contributed by atoms with van der Waals surface area (Å²) in [4.78, 5) is 14.7. The molecule has 0 bridgehead atoms. The van der Waals surface area contributed by atoms with Crippen LogP contribution in [0.2, 0.25) is 0 Å². The average molecular weight is 871 g/mol. The van der Waals surface area contributed by atoms with Gasteiger partial charge >= 0.3 is 6.18 Å². The maximum atomic E-state index is 16.6. The summed E-state index contributed by atoms with van der Waals surface area (Å²) >= 11 is 0. The summed E-state index contributed by atoms with van der Waals surface area (Å²) in [5.41, 5.74) is 10.5. The summed E-state index contributed by atoms with van der Waals surface area (Å²) in [6.45, 7) is 0. The second-order valence-electron chi connectivity index (χ2n) is 17.3. The van der Waals surface area contributed by atoms with E-state index in [9.17, 15) is 0 Å². The number of halogens is 3. The van der Waals surface area contributed by atoms with Crippen LogP contribution in [0.4, 0.5) is 13.2 Å². The molecular formula is C59H33F3N4O. The first-order chi connectivity index (χ1) is 32.9. The average Bonchev–Trinajstić information content (AvgIpc) is 4.10. The Bertz CT molecular complexity index is 3940. The van der Waals surface area contributed by atoms with Gasteiger partial charge in [0, 0.05) is 32.8 Å². The van der Waals surface area contributed by atoms with E-state index in [0.29, 0.717) is 50.2 Å². The molecule has 5 nitrogen and oxygen atoms in total. The van der Waals surface area contributed by atoms with Crippen LogP contribution < -0.4 is 0 Å². The highest BCUT2D eigenvalue weighted by Gasteiger charge is 2.52. The van der Waals surface area contributed by atoms with Crippen LogP contribution in [0.5, 0.6) is 0 Å². The molecule has 0 fully saturated rings. The van der Waals surface area contributed by atoms with Gasteiger partial charge in [0.05, 0.1) is 38.6 Å². The van der Waals surface area contributed by atoms with E-state index in [1.807, 2.05) is 114 Å². The number of alkyl halides is 3. The van der Waals surface area contributed by atoms with Crippen molar-refractivity contribution in [1.82, 2.24) is 19.5 Å². The molecule has 2 aliphatic rings. The molecule has 3 aromatic heterocycles. The minimum Gasteiger partial charge on any atom is -0.455 e. The van der Waals surface area contributed by atoms with Crippen molar-refractivity contribution >= 4 is 43.7 Å². The van der Waals surface area contributed by atoms with Crippen LogP contribution >= 0.6 is 0 Å².